The predicted octanol–water partition coefficient (Wildman–Crippen LogP) is 0.828. The summed E-state index contributed by atoms with van der Waals surface area (Å²) >= 11 is 0. The molecular weight excluding hydrogens is 246 g/mol. The quantitative estimate of drug-likeness (QED) is 0.773. The molecule has 2 rings (SSSR count). The van der Waals surface area contributed by atoms with Gasteiger partial charge in [0.1, 0.15) is 5.69 Å². The van der Waals surface area contributed by atoms with Crippen molar-refractivity contribution >= 4 is 5.97 Å². The van der Waals surface area contributed by atoms with Gasteiger partial charge in [0.25, 0.3) is 0 Å². The van der Waals surface area contributed by atoms with Gasteiger partial charge in [0.15, 0.2) is 0 Å². The summed E-state index contributed by atoms with van der Waals surface area (Å²) in [7, 11) is 0. The van der Waals surface area contributed by atoms with Crippen molar-refractivity contribution in [2.45, 2.75) is 32.4 Å². The molecule has 0 amide bonds. The maximum absolute atomic E-state index is 11.7. The van der Waals surface area contributed by atoms with Gasteiger partial charge in [0, 0.05) is 6.54 Å². The van der Waals surface area contributed by atoms with E-state index in [4.69, 9.17) is 9.47 Å². The van der Waals surface area contributed by atoms with E-state index in [0.29, 0.717) is 31.6 Å². The Balaban J connectivity index is 1.79. The molecule has 0 atom stereocenters. The summed E-state index contributed by atoms with van der Waals surface area (Å²) in [5.41, 5.74) is 0.482. The van der Waals surface area contributed by atoms with Crippen LogP contribution in [0.15, 0.2) is 12.5 Å². The molecule has 1 saturated heterocycles. The van der Waals surface area contributed by atoms with Crippen LogP contribution in [0.25, 0.3) is 0 Å². The zero-order chi connectivity index (χ0) is 13.5. The number of esters is 1. The molecule has 2 heterocycles. The van der Waals surface area contributed by atoms with Crippen LogP contribution in [0.5, 0.6) is 0 Å². The first-order valence-electron chi connectivity index (χ1n) is 6.81. The molecule has 0 bridgehead atoms. The Labute approximate surface area is 113 Å². The van der Waals surface area contributed by atoms with E-state index in [9.17, 15) is 4.79 Å². The van der Waals surface area contributed by atoms with Crippen LogP contribution in [0.1, 0.15) is 30.3 Å². The average molecular weight is 267 g/mol. The zero-order valence-electron chi connectivity index (χ0n) is 11.3. The number of carbonyl (C=O) groups excluding carboxylic acids is 1. The summed E-state index contributed by atoms with van der Waals surface area (Å²) in [5, 5.41) is 3.30. The van der Waals surface area contributed by atoms with Crippen LogP contribution in [0, 0.1) is 0 Å². The highest BCUT2D eigenvalue weighted by atomic mass is 16.5. The highest BCUT2D eigenvalue weighted by Gasteiger charge is 2.15. The van der Waals surface area contributed by atoms with Gasteiger partial charge >= 0.3 is 5.97 Å². The number of rotatable bonds is 6. The van der Waals surface area contributed by atoms with Crippen molar-refractivity contribution in [3.63, 3.8) is 0 Å². The molecule has 106 valence electrons. The lowest BCUT2D eigenvalue weighted by Crippen LogP contribution is -2.33. The Morgan fingerprint density at radius 1 is 1.53 bits per heavy atom. The molecule has 0 radical (unpaired) electrons. The standard InChI is InChI=1S/C13H21N3O3/c1-2-18-13(17)12-9-15-10-16(12)7-8-19-11-3-5-14-6-4-11/h9-11,14H,2-8H2,1H3. The molecule has 1 aliphatic heterocycles. The highest BCUT2D eigenvalue weighted by molar-refractivity contribution is 5.87. The van der Waals surface area contributed by atoms with Gasteiger partial charge in [-0.25, -0.2) is 9.78 Å². The molecule has 0 aliphatic carbocycles. The fourth-order valence-corrected chi connectivity index (χ4v) is 2.15. The Kier molecular flexibility index (Phi) is 5.35. The molecule has 0 aromatic carbocycles. The van der Waals surface area contributed by atoms with E-state index in [2.05, 4.69) is 10.3 Å². The lowest BCUT2D eigenvalue weighted by molar-refractivity contribution is 0.0275. The summed E-state index contributed by atoms with van der Waals surface area (Å²) < 4.78 is 12.6. The Morgan fingerprint density at radius 2 is 2.32 bits per heavy atom. The molecule has 0 saturated carbocycles. The second-order valence-electron chi connectivity index (χ2n) is 4.51. The van der Waals surface area contributed by atoms with Crippen LogP contribution in [0.2, 0.25) is 0 Å². The van der Waals surface area contributed by atoms with E-state index in [0.717, 1.165) is 25.9 Å². The first-order valence-corrected chi connectivity index (χ1v) is 6.81. The van der Waals surface area contributed by atoms with Crippen molar-refractivity contribution in [3.8, 4) is 0 Å². The van der Waals surface area contributed by atoms with Gasteiger partial charge in [-0.15, -0.1) is 0 Å². The number of nitrogens with zero attached hydrogens (tertiary/aromatic N) is 2. The van der Waals surface area contributed by atoms with Gasteiger partial charge < -0.3 is 19.4 Å². The van der Waals surface area contributed by atoms with E-state index in [1.807, 2.05) is 0 Å². The fraction of sp³-hybridized carbons (Fsp3) is 0.692. The smallest absolute Gasteiger partial charge is 0.356 e. The summed E-state index contributed by atoms with van der Waals surface area (Å²) in [5.74, 6) is -0.332. The summed E-state index contributed by atoms with van der Waals surface area (Å²) in [6, 6.07) is 0. The number of piperidine rings is 1. The largest absolute Gasteiger partial charge is 0.461 e. The predicted molar refractivity (Wildman–Crippen MR) is 70.0 cm³/mol. The van der Waals surface area contributed by atoms with Crippen molar-refractivity contribution in [1.29, 1.82) is 0 Å². The lowest BCUT2D eigenvalue weighted by atomic mass is 10.1. The molecule has 6 heteroatoms. The van der Waals surface area contributed by atoms with Gasteiger partial charge in [0.2, 0.25) is 0 Å². The molecule has 1 aliphatic rings. The minimum Gasteiger partial charge on any atom is -0.461 e. The summed E-state index contributed by atoms with van der Waals surface area (Å²) in [6.07, 6.45) is 5.60. The zero-order valence-corrected chi connectivity index (χ0v) is 11.3. The molecule has 0 unspecified atom stereocenters. The minimum atomic E-state index is -0.332. The average Bonchev–Trinajstić information content (AvgIpc) is 2.89. The molecule has 1 aromatic rings. The first-order chi connectivity index (χ1) is 9.31. The molecule has 6 nitrogen and oxygen atoms in total. The number of aromatic nitrogens is 2. The SMILES string of the molecule is CCOC(=O)c1cncn1CCOC1CCNCC1. The topological polar surface area (TPSA) is 65.4 Å². The van der Waals surface area contributed by atoms with Crippen molar-refractivity contribution in [2.75, 3.05) is 26.3 Å². The monoisotopic (exact) mass is 267 g/mol. The van der Waals surface area contributed by atoms with Gasteiger partial charge in [-0.3, -0.25) is 0 Å². The van der Waals surface area contributed by atoms with Gasteiger partial charge in [-0.2, -0.15) is 0 Å². The van der Waals surface area contributed by atoms with Crippen molar-refractivity contribution in [2.24, 2.45) is 0 Å². The maximum Gasteiger partial charge on any atom is 0.356 e. The van der Waals surface area contributed by atoms with E-state index in [1.54, 1.807) is 17.8 Å². The third kappa shape index (κ3) is 4.04. The number of carbonyl (C=O) groups is 1. The molecule has 0 spiro atoms. The van der Waals surface area contributed by atoms with Crippen molar-refractivity contribution < 1.29 is 14.3 Å². The van der Waals surface area contributed by atoms with Gasteiger partial charge in [-0.05, 0) is 32.9 Å². The third-order valence-electron chi connectivity index (χ3n) is 3.17. The summed E-state index contributed by atoms with van der Waals surface area (Å²) in [4.78, 5) is 15.6. The first kappa shape index (κ1) is 14.0. The van der Waals surface area contributed by atoms with Gasteiger partial charge in [-0.1, -0.05) is 0 Å². The number of hydrogen-bond acceptors (Lipinski definition) is 5. The van der Waals surface area contributed by atoms with Crippen LogP contribution < -0.4 is 5.32 Å². The van der Waals surface area contributed by atoms with Crippen LogP contribution in [0.4, 0.5) is 0 Å². The lowest BCUT2D eigenvalue weighted by Gasteiger charge is -2.23. The van der Waals surface area contributed by atoms with Crippen molar-refractivity contribution in [1.82, 2.24) is 14.9 Å². The number of nitrogens with one attached hydrogen (secondary N) is 1. The van der Waals surface area contributed by atoms with E-state index in [-0.39, 0.29) is 5.97 Å². The summed E-state index contributed by atoms with van der Waals surface area (Å²) in [6.45, 7) is 5.41. The van der Waals surface area contributed by atoms with Crippen LogP contribution in [0.3, 0.4) is 0 Å². The van der Waals surface area contributed by atoms with Crippen LogP contribution in [-0.4, -0.2) is 47.9 Å². The fourth-order valence-electron chi connectivity index (χ4n) is 2.15. The number of hydrogen-bond donors (Lipinski definition) is 1. The Morgan fingerprint density at radius 3 is 3.05 bits per heavy atom. The normalized spacial score (nSPS) is 16.5. The van der Waals surface area contributed by atoms with Crippen LogP contribution >= 0.6 is 0 Å². The molecule has 19 heavy (non-hydrogen) atoms. The Hall–Kier alpha value is -1.40. The highest BCUT2D eigenvalue weighted by Crippen LogP contribution is 2.08. The number of imidazole rings is 1. The van der Waals surface area contributed by atoms with Crippen LogP contribution in [-0.2, 0) is 16.0 Å². The van der Waals surface area contributed by atoms with Gasteiger partial charge in [0.05, 0.1) is 31.8 Å². The second kappa shape index (κ2) is 7.25. The van der Waals surface area contributed by atoms with Crippen molar-refractivity contribution in [3.05, 3.63) is 18.2 Å². The minimum absolute atomic E-state index is 0.329. The molecular formula is C13H21N3O3. The number of ether oxygens (including phenoxy) is 2. The molecule has 1 N–H and O–H groups in total. The van der Waals surface area contributed by atoms with E-state index < -0.39 is 0 Å². The molecule has 1 aromatic heterocycles. The second-order valence-corrected chi connectivity index (χ2v) is 4.51. The Bertz CT molecular complexity index is 400. The third-order valence-corrected chi connectivity index (χ3v) is 3.17. The molecule has 1 fully saturated rings. The van der Waals surface area contributed by atoms with E-state index in [1.165, 1.54) is 6.20 Å². The maximum atomic E-state index is 11.7. The van der Waals surface area contributed by atoms with E-state index >= 15 is 0 Å².